The second-order valence-electron chi connectivity index (χ2n) is 7.00. The lowest BCUT2D eigenvalue weighted by molar-refractivity contribution is -0.120. The summed E-state index contributed by atoms with van der Waals surface area (Å²) in [5.74, 6) is 0.237. The molecule has 0 fully saturated rings. The second kappa shape index (κ2) is 10.6. The van der Waals surface area contributed by atoms with Crippen molar-refractivity contribution >= 4 is 29.1 Å². The van der Waals surface area contributed by atoms with E-state index in [1.807, 2.05) is 19.2 Å². The van der Waals surface area contributed by atoms with Gasteiger partial charge in [-0.1, -0.05) is 29.3 Å². The van der Waals surface area contributed by atoms with Crippen LogP contribution < -0.4 is 16.2 Å². The van der Waals surface area contributed by atoms with Crippen LogP contribution in [0.3, 0.4) is 0 Å². The summed E-state index contributed by atoms with van der Waals surface area (Å²) >= 11 is 12.2. The number of halogens is 2. The molecule has 0 saturated heterocycles. The molecule has 0 unspecified atom stereocenters. The molecule has 8 nitrogen and oxygen atoms in total. The average Bonchev–Trinajstić information content (AvgIpc) is 3.16. The molecule has 0 radical (unpaired) electrons. The Morgan fingerprint density at radius 2 is 2.03 bits per heavy atom. The topological polar surface area (TPSA) is 102 Å². The van der Waals surface area contributed by atoms with Gasteiger partial charge in [-0.05, 0) is 30.3 Å². The highest BCUT2D eigenvalue weighted by Gasteiger charge is 2.15. The van der Waals surface area contributed by atoms with Gasteiger partial charge < -0.3 is 15.1 Å². The third-order valence-corrected chi connectivity index (χ3v) is 5.25. The first-order valence-electron chi connectivity index (χ1n) is 9.71. The van der Waals surface area contributed by atoms with E-state index in [9.17, 15) is 9.59 Å². The molecule has 0 atom stereocenters. The third kappa shape index (κ3) is 6.16. The third-order valence-electron chi connectivity index (χ3n) is 4.69. The number of aromatic nitrogens is 3. The molecule has 1 aromatic carbocycles. The number of oxazole rings is 1. The van der Waals surface area contributed by atoms with Gasteiger partial charge in [-0.25, -0.2) is 9.67 Å². The first-order valence-corrected chi connectivity index (χ1v) is 10.5. The number of carbonyl (C=O) groups is 1. The van der Waals surface area contributed by atoms with Gasteiger partial charge in [0.2, 0.25) is 5.91 Å². The van der Waals surface area contributed by atoms with E-state index in [0.29, 0.717) is 37.0 Å². The fourth-order valence-corrected chi connectivity index (χ4v) is 3.50. The van der Waals surface area contributed by atoms with Crippen molar-refractivity contribution in [1.29, 1.82) is 0 Å². The molecule has 31 heavy (non-hydrogen) atoms. The number of nitrogens with zero attached hydrogens (tertiary/aromatic N) is 3. The van der Waals surface area contributed by atoms with Crippen LogP contribution in [0.2, 0.25) is 10.0 Å². The number of hydrogen-bond acceptors (Lipinski definition) is 6. The zero-order valence-corrected chi connectivity index (χ0v) is 18.8. The first-order chi connectivity index (χ1) is 14.9. The predicted octanol–water partition coefficient (Wildman–Crippen LogP) is 2.67. The molecule has 2 aromatic heterocycles. The van der Waals surface area contributed by atoms with Crippen molar-refractivity contribution in [2.45, 2.75) is 39.4 Å². The summed E-state index contributed by atoms with van der Waals surface area (Å²) in [7, 11) is 1.84. The molecule has 0 aliphatic carbocycles. The van der Waals surface area contributed by atoms with Crippen LogP contribution in [0.5, 0.6) is 0 Å². The highest BCUT2D eigenvalue weighted by Crippen LogP contribution is 2.16. The molecule has 0 spiro atoms. The number of carbonyl (C=O) groups excluding carboxylic acids is 1. The van der Waals surface area contributed by atoms with E-state index in [1.165, 1.54) is 10.9 Å². The minimum absolute atomic E-state index is 0.148. The average molecular weight is 464 g/mol. The number of hydrogen-bond donors (Lipinski definition) is 2. The predicted molar refractivity (Wildman–Crippen MR) is 118 cm³/mol. The Bertz CT molecular complexity index is 1130. The molecule has 2 N–H and O–H groups in total. The first kappa shape index (κ1) is 23.0. The van der Waals surface area contributed by atoms with Crippen LogP contribution in [-0.2, 0) is 37.3 Å². The smallest absolute Gasteiger partial charge is 0.271 e. The van der Waals surface area contributed by atoms with E-state index in [0.717, 1.165) is 16.8 Å². The molecule has 3 rings (SSSR count). The van der Waals surface area contributed by atoms with Gasteiger partial charge in [0.05, 0.1) is 29.9 Å². The van der Waals surface area contributed by atoms with E-state index in [4.69, 9.17) is 27.6 Å². The van der Waals surface area contributed by atoms with Crippen LogP contribution in [0.15, 0.2) is 39.9 Å². The van der Waals surface area contributed by atoms with E-state index in [-0.39, 0.29) is 22.9 Å². The summed E-state index contributed by atoms with van der Waals surface area (Å²) in [6, 6.07) is 5.53. The number of nitrogens with one attached hydrogen (secondary N) is 2. The van der Waals surface area contributed by atoms with Crippen molar-refractivity contribution in [2.24, 2.45) is 0 Å². The fraction of sp³-hybridized carbons (Fsp3) is 0.333. The van der Waals surface area contributed by atoms with Crippen molar-refractivity contribution in [1.82, 2.24) is 25.4 Å². The Hall–Kier alpha value is -2.68. The van der Waals surface area contributed by atoms with Gasteiger partial charge in [-0.3, -0.25) is 9.59 Å². The number of aryl methyl sites for hydroxylation is 3. The van der Waals surface area contributed by atoms with Crippen LogP contribution in [-0.4, -0.2) is 27.7 Å². The SMILES string of the molecule is CNCc1ccc(Cl)cc1CNC(=O)Cc1c(Cl)cnn(CCc2coc(C)n2)c1=O. The Labute approximate surface area is 189 Å². The van der Waals surface area contributed by atoms with E-state index < -0.39 is 5.56 Å². The van der Waals surface area contributed by atoms with Gasteiger partial charge in [0.1, 0.15) is 6.26 Å². The van der Waals surface area contributed by atoms with Crippen molar-refractivity contribution in [3.05, 3.63) is 79.3 Å². The minimum Gasteiger partial charge on any atom is -0.449 e. The molecule has 0 bridgehead atoms. The maximum absolute atomic E-state index is 12.8. The molecule has 0 aliphatic rings. The molecule has 2 heterocycles. The summed E-state index contributed by atoms with van der Waals surface area (Å²) in [6.45, 7) is 2.98. The summed E-state index contributed by atoms with van der Waals surface area (Å²) in [6.07, 6.45) is 3.25. The van der Waals surface area contributed by atoms with Crippen LogP contribution in [0.1, 0.15) is 28.3 Å². The molecule has 0 saturated carbocycles. The number of rotatable bonds is 9. The summed E-state index contributed by atoms with van der Waals surface area (Å²) in [4.78, 5) is 29.5. The van der Waals surface area contributed by atoms with Crippen LogP contribution in [0.4, 0.5) is 0 Å². The Balaban J connectivity index is 1.67. The van der Waals surface area contributed by atoms with Crippen LogP contribution in [0.25, 0.3) is 0 Å². The lowest BCUT2D eigenvalue weighted by Gasteiger charge is -2.12. The summed E-state index contributed by atoms with van der Waals surface area (Å²) in [5, 5.41) is 10.7. The van der Waals surface area contributed by atoms with E-state index in [1.54, 1.807) is 19.3 Å². The van der Waals surface area contributed by atoms with Crippen molar-refractivity contribution in [2.75, 3.05) is 7.05 Å². The van der Waals surface area contributed by atoms with Gasteiger partial charge in [0.15, 0.2) is 5.89 Å². The molecular formula is C21H23Cl2N5O3. The Morgan fingerprint density at radius 3 is 2.74 bits per heavy atom. The van der Waals surface area contributed by atoms with Crippen LogP contribution >= 0.6 is 23.2 Å². The Kier molecular flexibility index (Phi) is 7.84. The molecule has 3 aromatic rings. The lowest BCUT2D eigenvalue weighted by atomic mass is 10.1. The maximum atomic E-state index is 12.8. The van der Waals surface area contributed by atoms with E-state index in [2.05, 4.69) is 20.7 Å². The molecule has 0 aliphatic heterocycles. The second-order valence-corrected chi connectivity index (χ2v) is 7.85. The van der Waals surface area contributed by atoms with Gasteiger partial charge in [0, 0.05) is 37.0 Å². The van der Waals surface area contributed by atoms with Gasteiger partial charge >= 0.3 is 0 Å². The van der Waals surface area contributed by atoms with Gasteiger partial charge in [-0.2, -0.15) is 5.10 Å². The van der Waals surface area contributed by atoms with Crippen molar-refractivity contribution < 1.29 is 9.21 Å². The summed E-state index contributed by atoms with van der Waals surface area (Å²) < 4.78 is 6.45. The molecular weight excluding hydrogens is 441 g/mol. The van der Waals surface area contributed by atoms with Gasteiger partial charge in [-0.15, -0.1) is 0 Å². The lowest BCUT2D eigenvalue weighted by Crippen LogP contribution is -2.32. The Morgan fingerprint density at radius 1 is 1.23 bits per heavy atom. The number of amides is 1. The zero-order chi connectivity index (χ0) is 22.4. The monoisotopic (exact) mass is 463 g/mol. The maximum Gasteiger partial charge on any atom is 0.271 e. The highest BCUT2D eigenvalue weighted by atomic mass is 35.5. The molecule has 164 valence electrons. The van der Waals surface area contributed by atoms with E-state index >= 15 is 0 Å². The standard InChI is InChI=1S/C21H23Cl2N5O3/c1-13-27-17(12-31-13)5-6-28-21(30)18(19(23)11-26-28)8-20(29)25-10-15-7-16(22)4-3-14(15)9-24-2/h3-4,7,11-12,24H,5-6,8-10H2,1-2H3,(H,25,29). The molecule has 10 heteroatoms. The minimum atomic E-state index is -0.401. The summed E-state index contributed by atoms with van der Waals surface area (Å²) in [5.41, 5.74) is 2.45. The van der Waals surface area contributed by atoms with Crippen molar-refractivity contribution in [3.63, 3.8) is 0 Å². The quantitative estimate of drug-likeness (QED) is 0.505. The molecule has 1 amide bonds. The van der Waals surface area contributed by atoms with Crippen molar-refractivity contribution in [3.8, 4) is 0 Å². The number of benzene rings is 1. The van der Waals surface area contributed by atoms with Gasteiger partial charge in [0.25, 0.3) is 5.56 Å². The largest absolute Gasteiger partial charge is 0.449 e. The van der Waals surface area contributed by atoms with Crippen LogP contribution in [0, 0.1) is 6.92 Å². The fourth-order valence-electron chi connectivity index (χ4n) is 3.11. The normalized spacial score (nSPS) is 11.0. The highest BCUT2D eigenvalue weighted by molar-refractivity contribution is 6.31. The zero-order valence-electron chi connectivity index (χ0n) is 17.2.